The zero-order chi connectivity index (χ0) is 25.0. The predicted molar refractivity (Wildman–Crippen MR) is 139 cm³/mol. The van der Waals surface area contributed by atoms with Crippen LogP contribution in [-0.4, -0.2) is 58.8 Å². The third kappa shape index (κ3) is 6.42. The molecule has 0 saturated carbocycles. The van der Waals surface area contributed by atoms with Gasteiger partial charge in [0.2, 0.25) is 17.7 Å². The highest BCUT2D eigenvalue weighted by Gasteiger charge is 2.29. The van der Waals surface area contributed by atoms with Crippen LogP contribution in [0.3, 0.4) is 0 Å². The van der Waals surface area contributed by atoms with Gasteiger partial charge in [0, 0.05) is 48.5 Å². The molecule has 0 atom stereocenters. The first kappa shape index (κ1) is 24.8. The summed E-state index contributed by atoms with van der Waals surface area (Å²) in [6.45, 7) is 10.9. The van der Waals surface area contributed by atoms with E-state index in [2.05, 4.69) is 20.4 Å². The van der Waals surface area contributed by atoms with Crippen molar-refractivity contribution >= 4 is 35.0 Å². The minimum Gasteiger partial charge on any atom is -0.411 e. The summed E-state index contributed by atoms with van der Waals surface area (Å²) in [6.07, 6.45) is 0. The number of aryl methyl sites for hydroxylation is 1. The Morgan fingerprint density at radius 3 is 2.40 bits per heavy atom. The number of thioether (sulfide) groups is 1. The highest BCUT2D eigenvalue weighted by Crippen LogP contribution is 2.25. The molecule has 0 radical (unpaired) electrons. The lowest BCUT2D eigenvalue weighted by Crippen LogP contribution is -2.51. The van der Waals surface area contributed by atoms with Crippen LogP contribution >= 0.6 is 11.8 Å². The largest absolute Gasteiger partial charge is 0.411 e. The Morgan fingerprint density at radius 2 is 1.74 bits per heavy atom. The second-order valence-corrected chi connectivity index (χ2v) is 10.6. The van der Waals surface area contributed by atoms with Gasteiger partial charge in [0.1, 0.15) is 0 Å². The molecule has 1 aromatic heterocycles. The summed E-state index contributed by atoms with van der Waals surface area (Å²) in [5.74, 6) is 0.657. The summed E-state index contributed by atoms with van der Waals surface area (Å²) in [6, 6.07) is 15.6. The van der Waals surface area contributed by atoms with Gasteiger partial charge in [-0.25, -0.2) is 0 Å². The van der Waals surface area contributed by atoms with Crippen molar-refractivity contribution in [1.29, 1.82) is 0 Å². The first-order valence-electron chi connectivity index (χ1n) is 11.7. The zero-order valence-corrected chi connectivity index (χ0v) is 21.4. The maximum Gasteiger partial charge on any atom is 0.277 e. The number of amides is 2. The fourth-order valence-corrected chi connectivity index (χ4v) is 4.45. The van der Waals surface area contributed by atoms with E-state index in [0.29, 0.717) is 24.2 Å². The third-order valence-corrected chi connectivity index (χ3v) is 6.54. The van der Waals surface area contributed by atoms with Gasteiger partial charge >= 0.3 is 0 Å². The van der Waals surface area contributed by atoms with E-state index in [0.717, 1.165) is 35.6 Å². The van der Waals surface area contributed by atoms with Gasteiger partial charge < -0.3 is 19.5 Å². The van der Waals surface area contributed by atoms with Gasteiger partial charge in [-0.3, -0.25) is 9.59 Å². The van der Waals surface area contributed by atoms with Crippen LogP contribution in [0.15, 0.2) is 58.2 Å². The van der Waals surface area contributed by atoms with Crippen molar-refractivity contribution in [3.05, 3.63) is 54.1 Å². The molecule has 1 aliphatic heterocycles. The molecule has 184 valence electrons. The van der Waals surface area contributed by atoms with Gasteiger partial charge in [-0.05, 0) is 43.3 Å². The van der Waals surface area contributed by atoms with Gasteiger partial charge in [0.05, 0.1) is 5.75 Å². The molecule has 0 aliphatic carbocycles. The molecule has 0 spiro atoms. The summed E-state index contributed by atoms with van der Waals surface area (Å²) < 4.78 is 5.68. The maximum atomic E-state index is 12.5. The summed E-state index contributed by atoms with van der Waals surface area (Å²) in [5, 5.41) is 11.4. The molecule has 2 aromatic carbocycles. The van der Waals surface area contributed by atoms with E-state index in [4.69, 9.17) is 4.42 Å². The zero-order valence-electron chi connectivity index (χ0n) is 20.6. The number of aromatic nitrogens is 2. The number of rotatable bonds is 6. The number of hydrogen-bond acceptors (Lipinski definition) is 7. The van der Waals surface area contributed by atoms with Crippen LogP contribution in [0.2, 0.25) is 0 Å². The lowest BCUT2D eigenvalue weighted by molar-refractivity contribution is -0.139. The quantitative estimate of drug-likeness (QED) is 0.507. The molecule has 2 heterocycles. The molecule has 8 nitrogen and oxygen atoms in total. The molecule has 9 heteroatoms. The Morgan fingerprint density at radius 1 is 1.03 bits per heavy atom. The summed E-state index contributed by atoms with van der Waals surface area (Å²) >= 11 is 1.20. The van der Waals surface area contributed by atoms with Gasteiger partial charge in [0.15, 0.2) is 0 Å². The van der Waals surface area contributed by atoms with Crippen molar-refractivity contribution < 1.29 is 14.0 Å². The molecule has 2 amide bonds. The second kappa shape index (κ2) is 10.5. The summed E-state index contributed by atoms with van der Waals surface area (Å²) in [4.78, 5) is 29.1. The molecule has 1 fully saturated rings. The van der Waals surface area contributed by atoms with Crippen LogP contribution in [0.1, 0.15) is 26.3 Å². The topological polar surface area (TPSA) is 91.6 Å². The van der Waals surface area contributed by atoms with Crippen LogP contribution < -0.4 is 10.2 Å². The lowest BCUT2D eigenvalue weighted by atomic mass is 9.94. The van der Waals surface area contributed by atoms with E-state index in [1.165, 1.54) is 11.8 Å². The number of piperazine rings is 1. The molecule has 3 aromatic rings. The van der Waals surface area contributed by atoms with Crippen LogP contribution in [0.25, 0.3) is 11.5 Å². The van der Waals surface area contributed by atoms with E-state index in [-0.39, 0.29) is 23.0 Å². The van der Waals surface area contributed by atoms with Crippen molar-refractivity contribution in [3.63, 3.8) is 0 Å². The fraction of sp³-hybridized carbons (Fsp3) is 0.385. The average Bonchev–Trinajstić information content (AvgIpc) is 3.32. The molecule has 0 bridgehead atoms. The van der Waals surface area contributed by atoms with Gasteiger partial charge in [-0.1, -0.05) is 50.2 Å². The smallest absolute Gasteiger partial charge is 0.277 e. The number of carbonyl (C=O) groups excluding carboxylic acids is 2. The van der Waals surface area contributed by atoms with E-state index < -0.39 is 0 Å². The Kier molecular flexibility index (Phi) is 7.45. The number of anilines is 2. The second-order valence-electron chi connectivity index (χ2n) is 9.66. The van der Waals surface area contributed by atoms with Crippen molar-refractivity contribution in [3.8, 4) is 11.5 Å². The molecule has 1 aliphatic rings. The Hall–Kier alpha value is -3.33. The Bertz CT molecular complexity index is 1180. The van der Waals surface area contributed by atoms with Crippen LogP contribution in [0.5, 0.6) is 0 Å². The SMILES string of the molecule is Cc1cccc(-c2nnc(SCC(=O)Nc3ccc(N4CCN(C(=O)C(C)(C)C)CC4)cc3)o2)c1. The maximum absolute atomic E-state index is 12.5. The van der Waals surface area contributed by atoms with Crippen LogP contribution in [-0.2, 0) is 9.59 Å². The number of hydrogen-bond donors (Lipinski definition) is 1. The summed E-state index contributed by atoms with van der Waals surface area (Å²) in [7, 11) is 0. The molecule has 4 rings (SSSR count). The highest BCUT2D eigenvalue weighted by atomic mass is 32.2. The number of nitrogens with zero attached hydrogens (tertiary/aromatic N) is 4. The van der Waals surface area contributed by atoms with E-state index in [9.17, 15) is 9.59 Å². The van der Waals surface area contributed by atoms with Crippen LogP contribution in [0.4, 0.5) is 11.4 Å². The highest BCUT2D eigenvalue weighted by molar-refractivity contribution is 7.99. The van der Waals surface area contributed by atoms with Crippen molar-refractivity contribution in [1.82, 2.24) is 15.1 Å². The van der Waals surface area contributed by atoms with E-state index >= 15 is 0 Å². The van der Waals surface area contributed by atoms with E-state index in [1.54, 1.807) is 0 Å². The normalized spacial score (nSPS) is 14.2. The average molecular weight is 494 g/mol. The van der Waals surface area contributed by atoms with Crippen molar-refractivity contribution in [2.24, 2.45) is 5.41 Å². The number of nitrogens with one attached hydrogen (secondary N) is 1. The number of benzene rings is 2. The molecular formula is C26H31N5O3S. The molecule has 1 N–H and O–H groups in total. The van der Waals surface area contributed by atoms with Crippen LogP contribution in [0, 0.1) is 12.3 Å². The van der Waals surface area contributed by atoms with Crippen molar-refractivity contribution in [2.75, 3.05) is 42.1 Å². The van der Waals surface area contributed by atoms with Gasteiger partial charge in [0.25, 0.3) is 5.22 Å². The van der Waals surface area contributed by atoms with E-state index in [1.807, 2.05) is 81.1 Å². The summed E-state index contributed by atoms with van der Waals surface area (Å²) in [5.41, 5.74) is 3.42. The monoisotopic (exact) mass is 493 g/mol. The Balaban J connectivity index is 1.25. The minimum atomic E-state index is -0.354. The first-order chi connectivity index (χ1) is 16.7. The predicted octanol–water partition coefficient (Wildman–Crippen LogP) is 4.47. The van der Waals surface area contributed by atoms with Gasteiger partial charge in [-0.15, -0.1) is 10.2 Å². The third-order valence-electron chi connectivity index (χ3n) is 5.72. The molecule has 1 saturated heterocycles. The van der Waals surface area contributed by atoms with Gasteiger partial charge in [-0.2, -0.15) is 0 Å². The standard InChI is InChI=1S/C26H31N5O3S/c1-18-6-5-7-19(16-18)23-28-29-25(34-23)35-17-22(32)27-20-8-10-21(11-9-20)30-12-14-31(15-13-30)24(33)26(2,3)4/h5-11,16H,12-15,17H2,1-4H3,(H,27,32). The lowest BCUT2D eigenvalue weighted by Gasteiger charge is -2.38. The number of carbonyl (C=O) groups is 2. The molecule has 0 unspecified atom stereocenters. The minimum absolute atomic E-state index is 0.146. The molecular weight excluding hydrogens is 462 g/mol. The fourth-order valence-electron chi connectivity index (χ4n) is 3.88. The Labute approximate surface area is 210 Å². The molecule has 35 heavy (non-hydrogen) atoms. The first-order valence-corrected chi connectivity index (χ1v) is 12.7. The van der Waals surface area contributed by atoms with Crippen molar-refractivity contribution in [2.45, 2.75) is 32.9 Å².